The predicted molar refractivity (Wildman–Crippen MR) is 62.4 cm³/mol. The van der Waals surface area contributed by atoms with Gasteiger partial charge in [0.1, 0.15) is 6.54 Å². The van der Waals surface area contributed by atoms with Gasteiger partial charge in [-0.2, -0.15) is 10.1 Å². The summed E-state index contributed by atoms with van der Waals surface area (Å²) in [5.41, 5.74) is 8.92. The van der Waals surface area contributed by atoms with E-state index in [0.717, 1.165) is 17.8 Å². The van der Waals surface area contributed by atoms with Crippen LogP contribution in [0.15, 0.2) is 4.52 Å². The molecule has 2 N–H and O–H groups in total. The summed E-state index contributed by atoms with van der Waals surface area (Å²) < 4.78 is 6.86. The first-order valence-corrected chi connectivity index (χ1v) is 5.70. The van der Waals surface area contributed by atoms with Gasteiger partial charge in [-0.15, -0.1) is 0 Å². The minimum Gasteiger partial charge on any atom is -0.338 e. The fraction of sp³-hybridized carbons (Fsp3) is 0.545. The molecule has 0 unspecified atom stereocenters. The first-order chi connectivity index (χ1) is 8.15. The van der Waals surface area contributed by atoms with Gasteiger partial charge in [-0.05, 0) is 25.8 Å². The molecule has 0 radical (unpaired) electrons. The van der Waals surface area contributed by atoms with Gasteiger partial charge >= 0.3 is 0 Å². The van der Waals surface area contributed by atoms with Crippen LogP contribution in [-0.2, 0) is 19.5 Å². The second-order valence-electron chi connectivity index (χ2n) is 3.97. The van der Waals surface area contributed by atoms with Crippen LogP contribution in [0.5, 0.6) is 0 Å². The fourth-order valence-corrected chi connectivity index (χ4v) is 1.97. The van der Waals surface area contributed by atoms with Crippen LogP contribution in [0.25, 0.3) is 0 Å². The monoisotopic (exact) mass is 235 g/mol. The normalized spacial score (nSPS) is 11.1. The highest BCUT2D eigenvalue weighted by Gasteiger charge is 2.12. The van der Waals surface area contributed by atoms with E-state index >= 15 is 0 Å². The van der Waals surface area contributed by atoms with Crippen molar-refractivity contribution in [2.24, 2.45) is 5.73 Å². The van der Waals surface area contributed by atoms with Gasteiger partial charge in [-0.25, -0.2) is 0 Å². The fourth-order valence-electron chi connectivity index (χ4n) is 1.97. The molecular formula is C11H17N5O. The highest BCUT2D eigenvalue weighted by Crippen LogP contribution is 2.14. The molecule has 0 bridgehead atoms. The van der Waals surface area contributed by atoms with E-state index < -0.39 is 0 Å². The first kappa shape index (κ1) is 11.8. The Bertz CT molecular complexity index is 514. The van der Waals surface area contributed by atoms with Crippen molar-refractivity contribution in [1.29, 1.82) is 0 Å². The van der Waals surface area contributed by atoms with E-state index in [1.807, 2.05) is 11.6 Å². The summed E-state index contributed by atoms with van der Waals surface area (Å²) in [5.74, 6) is 1.07. The molecule has 0 aliphatic heterocycles. The molecule has 0 saturated heterocycles. The molecule has 17 heavy (non-hydrogen) atoms. The van der Waals surface area contributed by atoms with Gasteiger partial charge < -0.3 is 10.3 Å². The Balaban J connectivity index is 2.24. The van der Waals surface area contributed by atoms with E-state index in [4.69, 9.17) is 10.3 Å². The SMILES string of the molecule is CCc1c(C)nn(Cc2noc(CN)n2)c1C. The Morgan fingerprint density at radius 1 is 1.35 bits per heavy atom. The van der Waals surface area contributed by atoms with Crippen LogP contribution in [0.1, 0.15) is 35.6 Å². The maximum Gasteiger partial charge on any atom is 0.240 e. The van der Waals surface area contributed by atoms with Crippen molar-refractivity contribution in [2.75, 3.05) is 0 Å². The molecule has 0 spiro atoms. The summed E-state index contributed by atoms with van der Waals surface area (Å²) in [6.45, 7) is 7.00. The van der Waals surface area contributed by atoms with Crippen LogP contribution in [-0.4, -0.2) is 19.9 Å². The minimum absolute atomic E-state index is 0.268. The van der Waals surface area contributed by atoms with Crippen molar-refractivity contribution in [2.45, 2.75) is 40.3 Å². The number of hydrogen-bond donors (Lipinski definition) is 1. The molecular weight excluding hydrogens is 218 g/mol. The van der Waals surface area contributed by atoms with Gasteiger partial charge in [0.15, 0.2) is 5.82 Å². The lowest BCUT2D eigenvalue weighted by Crippen LogP contribution is -2.06. The Morgan fingerprint density at radius 2 is 2.12 bits per heavy atom. The van der Waals surface area contributed by atoms with Gasteiger partial charge in [-0.3, -0.25) is 4.68 Å². The van der Waals surface area contributed by atoms with Crippen LogP contribution in [0.4, 0.5) is 0 Å². The van der Waals surface area contributed by atoms with Crippen molar-refractivity contribution < 1.29 is 4.52 Å². The molecule has 0 saturated carbocycles. The summed E-state index contributed by atoms with van der Waals surface area (Å²) in [5, 5.41) is 8.34. The summed E-state index contributed by atoms with van der Waals surface area (Å²) in [7, 11) is 0. The molecule has 92 valence electrons. The van der Waals surface area contributed by atoms with Gasteiger partial charge in [0.05, 0.1) is 12.2 Å². The molecule has 6 heteroatoms. The number of hydrogen-bond acceptors (Lipinski definition) is 5. The van der Waals surface area contributed by atoms with Gasteiger partial charge in [0, 0.05) is 5.69 Å². The highest BCUT2D eigenvalue weighted by atomic mass is 16.5. The number of aryl methyl sites for hydroxylation is 1. The number of nitrogens with zero attached hydrogens (tertiary/aromatic N) is 4. The zero-order chi connectivity index (χ0) is 12.4. The summed E-state index contributed by atoms with van der Waals surface area (Å²) in [6, 6.07) is 0. The number of nitrogens with two attached hydrogens (primary N) is 1. The second kappa shape index (κ2) is 4.67. The molecule has 0 aliphatic carbocycles. The lowest BCUT2D eigenvalue weighted by Gasteiger charge is -2.00. The van der Waals surface area contributed by atoms with E-state index in [9.17, 15) is 0 Å². The van der Waals surface area contributed by atoms with Crippen LogP contribution < -0.4 is 5.73 Å². The maximum absolute atomic E-state index is 5.42. The largest absolute Gasteiger partial charge is 0.338 e. The molecule has 2 heterocycles. The molecule has 0 amide bonds. The van der Waals surface area contributed by atoms with Crippen LogP contribution in [0.2, 0.25) is 0 Å². The van der Waals surface area contributed by atoms with E-state index in [-0.39, 0.29) is 6.54 Å². The van der Waals surface area contributed by atoms with Crippen molar-refractivity contribution in [3.63, 3.8) is 0 Å². The molecule has 2 rings (SSSR count). The molecule has 2 aromatic heterocycles. The Hall–Kier alpha value is -1.69. The molecule has 0 aliphatic rings. The van der Waals surface area contributed by atoms with Gasteiger partial charge in [-0.1, -0.05) is 12.1 Å². The third kappa shape index (κ3) is 2.21. The molecule has 0 atom stereocenters. The summed E-state index contributed by atoms with van der Waals surface area (Å²) >= 11 is 0. The highest BCUT2D eigenvalue weighted by molar-refractivity contribution is 5.24. The predicted octanol–water partition coefficient (Wildman–Crippen LogP) is 0.952. The van der Waals surface area contributed by atoms with Crippen molar-refractivity contribution >= 4 is 0 Å². The number of aromatic nitrogens is 4. The molecule has 0 aromatic carbocycles. The van der Waals surface area contributed by atoms with Gasteiger partial charge in [0.25, 0.3) is 0 Å². The van der Waals surface area contributed by atoms with E-state index in [1.165, 1.54) is 5.56 Å². The summed E-state index contributed by atoms with van der Waals surface area (Å²) in [4.78, 5) is 4.17. The van der Waals surface area contributed by atoms with E-state index in [2.05, 4.69) is 29.1 Å². The van der Waals surface area contributed by atoms with Crippen LogP contribution in [0.3, 0.4) is 0 Å². The zero-order valence-corrected chi connectivity index (χ0v) is 10.4. The molecule has 2 aromatic rings. The van der Waals surface area contributed by atoms with E-state index in [1.54, 1.807) is 0 Å². The third-order valence-electron chi connectivity index (χ3n) is 2.86. The summed E-state index contributed by atoms with van der Waals surface area (Å²) in [6.07, 6.45) is 0.984. The van der Waals surface area contributed by atoms with Crippen LogP contribution >= 0.6 is 0 Å². The van der Waals surface area contributed by atoms with Crippen molar-refractivity contribution in [3.05, 3.63) is 28.7 Å². The Labute approximate surface area is 99.8 Å². The smallest absolute Gasteiger partial charge is 0.240 e. The molecule has 0 fully saturated rings. The van der Waals surface area contributed by atoms with Gasteiger partial charge in [0.2, 0.25) is 5.89 Å². The Morgan fingerprint density at radius 3 is 2.65 bits per heavy atom. The minimum atomic E-state index is 0.268. The maximum atomic E-state index is 5.42. The van der Waals surface area contributed by atoms with Crippen LogP contribution in [0, 0.1) is 13.8 Å². The van der Waals surface area contributed by atoms with Crippen molar-refractivity contribution in [3.8, 4) is 0 Å². The lowest BCUT2D eigenvalue weighted by molar-refractivity contribution is 0.372. The average molecular weight is 235 g/mol. The zero-order valence-electron chi connectivity index (χ0n) is 10.4. The average Bonchev–Trinajstić information content (AvgIpc) is 2.86. The standard InChI is InChI=1S/C11H17N5O/c1-4-9-7(2)14-16(8(9)3)6-10-13-11(5-12)17-15-10/h4-6,12H2,1-3H3. The topological polar surface area (TPSA) is 82.8 Å². The second-order valence-corrected chi connectivity index (χ2v) is 3.97. The molecule has 6 nitrogen and oxygen atoms in total. The van der Waals surface area contributed by atoms with E-state index in [0.29, 0.717) is 18.3 Å². The lowest BCUT2D eigenvalue weighted by atomic mass is 10.1. The Kier molecular flexibility index (Phi) is 3.23. The third-order valence-corrected chi connectivity index (χ3v) is 2.86. The first-order valence-electron chi connectivity index (χ1n) is 5.70. The van der Waals surface area contributed by atoms with Crippen molar-refractivity contribution in [1.82, 2.24) is 19.9 Å². The quantitative estimate of drug-likeness (QED) is 0.853. The number of rotatable bonds is 4.